The Bertz CT molecular complexity index is 1330. The molecule has 0 bridgehead atoms. The van der Waals surface area contributed by atoms with Gasteiger partial charge in [-0.1, -0.05) is 35.3 Å². The third-order valence-corrected chi connectivity index (χ3v) is 5.56. The Balaban J connectivity index is 1.54. The molecule has 170 valence electrons. The fourth-order valence-corrected chi connectivity index (χ4v) is 3.67. The van der Waals surface area contributed by atoms with Crippen LogP contribution in [-0.2, 0) is 0 Å². The standard InChI is InChI=1S/C22H17Cl2F2N5O2/c23-13-3-1-11(2-4-13)20(32)16(25)10-28-21(33)18-15(24)6-5-14(19(18)26)12-7-8-31-17(9-12)29-22(27)30-31/h1-9,16,20,32H,10H2,(H2,27,30)(H,28,33)/t16-,20-/m1/s1. The van der Waals surface area contributed by atoms with E-state index in [1.807, 2.05) is 0 Å². The number of rotatable bonds is 6. The summed E-state index contributed by atoms with van der Waals surface area (Å²) in [5.74, 6) is -1.74. The number of alkyl halides is 1. The second-order valence-corrected chi connectivity index (χ2v) is 8.04. The molecule has 0 saturated heterocycles. The van der Waals surface area contributed by atoms with Gasteiger partial charge >= 0.3 is 0 Å². The SMILES string of the molecule is Nc1nc2cc(-c3ccc(Cl)c(C(=O)NC[C@@H](F)[C@H](O)c4ccc(Cl)cc4)c3F)ccn2n1. The number of carbonyl (C=O) groups excluding carboxylic acids is 1. The highest BCUT2D eigenvalue weighted by atomic mass is 35.5. The van der Waals surface area contributed by atoms with E-state index in [0.29, 0.717) is 16.2 Å². The first-order valence-electron chi connectivity index (χ1n) is 9.70. The summed E-state index contributed by atoms with van der Waals surface area (Å²) < 4.78 is 31.2. The van der Waals surface area contributed by atoms with Crippen molar-refractivity contribution in [3.63, 3.8) is 0 Å². The highest BCUT2D eigenvalue weighted by molar-refractivity contribution is 6.34. The number of pyridine rings is 1. The summed E-state index contributed by atoms with van der Waals surface area (Å²) in [6.07, 6.45) is -1.80. The maximum Gasteiger partial charge on any atom is 0.255 e. The average molecular weight is 492 g/mol. The first kappa shape index (κ1) is 22.9. The van der Waals surface area contributed by atoms with Crippen molar-refractivity contribution in [2.24, 2.45) is 0 Å². The van der Waals surface area contributed by atoms with Gasteiger partial charge in [-0.05, 0) is 47.5 Å². The van der Waals surface area contributed by atoms with Crippen LogP contribution in [0.25, 0.3) is 16.8 Å². The molecule has 7 nitrogen and oxygen atoms in total. The molecular formula is C22H17Cl2F2N5O2. The Kier molecular flexibility index (Phi) is 6.46. The number of nitrogens with zero attached hydrogens (tertiary/aromatic N) is 3. The topological polar surface area (TPSA) is 106 Å². The fraction of sp³-hybridized carbons (Fsp3) is 0.136. The summed E-state index contributed by atoms with van der Waals surface area (Å²) >= 11 is 11.9. The van der Waals surface area contributed by atoms with E-state index in [1.165, 1.54) is 40.9 Å². The number of benzene rings is 2. The zero-order chi connectivity index (χ0) is 23.7. The van der Waals surface area contributed by atoms with Crippen molar-refractivity contribution >= 4 is 40.7 Å². The largest absolute Gasteiger partial charge is 0.385 e. The van der Waals surface area contributed by atoms with Gasteiger partial charge in [0, 0.05) is 16.8 Å². The van der Waals surface area contributed by atoms with Gasteiger partial charge in [-0.3, -0.25) is 4.79 Å². The predicted octanol–water partition coefficient (Wildman–Crippen LogP) is 4.23. The lowest BCUT2D eigenvalue weighted by molar-refractivity contribution is 0.0714. The fourth-order valence-electron chi connectivity index (χ4n) is 3.31. The molecule has 1 amide bonds. The number of nitrogens with one attached hydrogen (secondary N) is 1. The normalized spacial score (nSPS) is 13.1. The van der Waals surface area contributed by atoms with Crippen molar-refractivity contribution in [1.82, 2.24) is 19.9 Å². The van der Waals surface area contributed by atoms with E-state index >= 15 is 4.39 Å². The number of amides is 1. The van der Waals surface area contributed by atoms with Crippen LogP contribution in [0.5, 0.6) is 0 Å². The molecule has 0 aliphatic heterocycles. The van der Waals surface area contributed by atoms with E-state index in [9.17, 15) is 14.3 Å². The molecule has 2 aromatic carbocycles. The lowest BCUT2D eigenvalue weighted by Crippen LogP contribution is -2.34. The third-order valence-electron chi connectivity index (χ3n) is 4.99. The summed E-state index contributed by atoms with van der Waals surface area (Å²) in [5, 5.41) is 16.7. The minimum absolute atomic E-state index is 0.0605. The summed E-state index contributed by atoms with van der Waals surface area (Å²) in [7, 11) is 0. The molecule has 0 saturated carbocycles. The van der Waals surface area contributed by atoms with Gasteiger partial charge < -0.3 is 16.2 Å². The summed E-state index contributed by atoms with van der Waals surface area (Å²) in [6.45, 7) is -0.562. The second kappa shape index (κ2) is 9.30. The molecule has 4 rings (SSSR count). The Morgan fingerprint density at radius 3 is 2.64 bits per heavy atom. The number of aliphatic hydroxyl groups is 1. The van der Waals surface area contributed by atoms with Gasteiger partial charge in [-0.25, -0.2) is 13.3 Å². The summed E-state index contributed by atoms with van der Waals surface area (Å²) in [6, 6.07) is 11.9. The van der Waals surface area contributed by atoms with Gasteiger partial charge in [0.2, 0.25) is 5.95 Å². The van der Waals surface area contributed by atoms with Gasteiger partial charge in [-0.2, -0.15) is 4.98 Å². The van der Waals surface area contributed by atoms with E-state index in [-0.39, 0.29) is 22.1 Å². The molecule has 2 heterocycles. The van der Waals surface area contributed by atoms with Crippen molar-refractivity contribution in [2.45, 2.75) is 12.3 Å². The number of aromatic nitrogens is 3. The quantitative estimate of drug-likeness (QED) is 0.374. The number of halogens is 4. The number of nitrogens with two attached hydrogens (primary N) is 1. The number of fused-ring (bicyclic) bond motifs is 1. The first-order valence-corrected chi connectivity index (χ1v) is 10.5. The molecule has 0 radical (unpaired) electrons. The minimum atomic E-state index is -1.85. The van der Waals surface area contributed by atoms with Crippen LogP contribution in [-0.4, -0.2) is 38.3 Å². The molecule has 11 heteroatoms. The zero-order valence-corrected chi connectivity index (χ0v) is 18.4. The maximum absolute atomic E-state index is 15.3. The van der Waals surface area contributed by atoms with Crippen molar-refractivity contribution in [3.05, 3.63) is 81.7 Å². The van der Waals surface area contributed by atoms with Crippen molar-refractivity contribution in [2.75, 3.05) is 12.3 Å². The summed E-state index contributed by atoms with van der Waals surface area (Å²) in [4.78, 5) is 16.7. The first-order chi connectivity index (χ1) is 15.7. The third kappa shape index (κ3) is 4.75. The second-order valence-electron chi connectivity index (χ2n) is 7.19. The predicted molar refractivity (Wildman–Crippen MR) is 121 cm³/mol. The lowest BCUT2D eigenvalue weighted by Gasteiger charge is -2.17. The number of hydrogen-bond donors (Lipinski definition) is 3. The number of aliphatic hydroxyl groups excluding tert-OH is 1. The van der Waals surface area contributed by atoms with Gasteiger partial charge in [0.1, 0.15) is 18.1 Å². The van der Waals surface area contributed by atoms with Crippen LogP contribution < -0.4 is 11.1 Å². The Morgan fingerprint density at radius 1 is 1.18 bits per heavy atom. The van der Waals surface area contributed by atoms with Crippen molar-refractivity contribution < 1.29 is 18.7 Å². The molecule has 33 heavy (non-hydrogen) atoms. The van der Waals surface area contributed by atoms with Crippen LogP contribution in [0.15, 0.2) is 54.7 Å². The minimum Gasteiger partial charge on any atom is -0.385 e. The monoisotopic (exact) mass is 491 g/mol. The van der Waals surface area contributed by atoms with E-state index in [1.54, 1.807) is 18.3 Å². The van der Waals surface area contributed by atoms with Gasteiger partial charge in [0.25, 0.3) is 5.91 Å². The van der Waals surface area contributed by atoms with E-state index in [0.717, 1.165) is 0 Å². The van der Waals surface area contributed by atoms with Crippen molar-refractivity contribution in [3.8, 4) is 11.1 Å². The maximum atomic E-state index is 15.3. The number of nitrogen functional groups attached to an aromatic ring is 1. The number of anilines is 1. The van der Waals surface area contributed by atoms with E-state index in [2.05, 4.69) is 15.4 Å². The van der Waals surface area contributed by atoms with Gasteiger partial charge in [0.15, 0.2) is 5.65 Å². The molecule has 2 atom stereocenters. The molecule has 2 aromatic heterocycles. The van der Waals surface area contributed by atoms with Gasteiger partial charge in [-0.15, -0.1) is 5.10 Å². The van der Waals surface area contributed by atoms with Crippen LogP contribution >= 0.6 is 23.2 Å². The molecule has 0 fully saturated rings. The van der Waals surface area contributed by atoms with Crippen LogP contribution in [0.3, 0.4) is 0 Å². The number of carbonyl (C=O) groups is 1. The molecular weight excluding hydrogens is 475 g/mol. The van der Waals surface area contributed by atoms with Crippen LogP contribution in [0.2, 0.25) is 10.0 Å². The smallest absolute Gasteiger partial charge is 0.255 e. The van der Waals surface area contributed by atoms with Crippen LogP contribution in [0.1, 0.15) is 22.0 Å². The number of hydrogen-bond acceptors (Lipinski definition) is 5. The summed E-state index contributed by atoms with van der Waals surface area (Å²) in [5.41, 5.74) is 6.32. The molecule has 0 aliphatic carbocycles. The highest BCUT2D eigenvalue weighted by Gasteiger charge is 2.24. The molecule has 0 aliphatic rings. The Labute approximate surface area is 196 Å². The molecule has 0 unspecified atom stereocenters. The molecule has 4 aromatic rings. The van der Waals surface area contributed by atoms with E-state index < -0.39 is 36.1 Å². The van der Waals surface area contributed by atoms with E-state index in [4.69, 9.17) is 28.9 Å². The van der Waals surface area contributed by atoms with Crippen LogP contribution in [0.4, 0.5) is 14.7 Å². The highest BCUT2D eigenvalue weighted by Crippen LogP contribution is 2.30. The zero-order valence-electron chi connectivity index (χ0n) is 16.8. The molecule has 0 spiro atoms. The average Bonchev–Trinajstić information content (AvgIpc) is 3.16. The Morgan fingerprint density at radius 2 is 1.91 bits per heavy atom. The van der Waals surface area contributed by atoms with Crippen molar-refractivity contribution in [1.29, 1.82) is 0 Å². The van der Waals surface area contributed by atoms with Gasteiger partial charge in [0.05, 0.1) is 17.1 Å². The molecule has 4 N–H and O–H groups in total. The van der Waals surface area contributed by atoms with Crippen LogP contribution in [0, 0.1) is 5.82 Å². The Hall–Kier alpha value is -3.27. The lowest BCUT2D eigenvalue weighted by atomic mass is 10.0.